The van der Waals surface area contributed by atoms with Crippen LogP contribution in [0.1, 0.15) is 22.3 Å². The second-order valence-corrected chi connectivity index (χ2v) is 7.85. The van der Waals surface area contributed by atoms with E-state index in [4.69, 9.17) is 4.74 Å². The fourth-order valence-electron chi connectivity index (χ4n) is 3.75. The lowest BCUT2D eigenvalue weighted by Gasteiger charge is -2.26. The molecule has 32 heavy (non-hydrogen) atoms. The van der Waals surface area contributed by atoms with Gasteiger partial charge in [0.1, 0.15) is 5.75 Å². The van der Waals surface area contributed by atoms with Crippen LogP contribution in [0, 0.1) is 0 Å². The monoisotopic (exact) mass is 433 g/mol. The van der Waals surface area contributed by atoms with Crippen molar-refractivity contribution in [2.75, 3.05) is 38.2 Å². The Morgan fingerprint density at radius 2 is 1.72 bits per heavy atom. The Hall–Kier alpha value is -3.42. The third-order valence-corrected chi connectivity index (χ3v) is 5.53. The average molecular weight is 434 g/mol. The van der Waals surface area contributed by atoms with E-state index in [9.17, 15) is 14.7 Å². The summed E-state index contributed by atoms with van der Waals surface area (Å²) in [5, 5.41) is 17.8. The van der Waals surface area contributed by atoms with Gasteiger partial charge in [-0.25, -0.2) is 0 Å². The van der Waals surface area contributed by atoms with Gasteiger partial charge in [0.05, 0.1) is 18.8 Å². The molecule has 0 aromatic heterocycles. The predicted molar refractivity (Wildman–Crippen MR) is 124 cm³/mol. The second-order valence-electron chi connectivity index (χ2n) is 7.85. The normalized spacial score (nSPS) is 14.2. The van der Waals surface area contributed by atoms with Crippen LogP contribution in [0.5, 0.6) is 5.75 Å². The lowest BCUT2D eigenvalue weighted by molar-refractivity contribution is -0.116. The van der Waals surface area contributed by atoms with Crippen molar-refractivity contribution in [1.29, 1.82) is 0 Å². The van der Waals surface area contributed by atoms with E-state index in [-0.39, 0.29) is 29.7 Å². The Bertz CT molecular complexity index is 1110. The maximum Gasteiger partial charge on any atom is 0.255 e. The van der Waals surface area contributed by atoms with Crippen LogP contribution in [-0.2, 0) is 16.1 Å². The molecule has 7 nitrogen and oxygen atoms in total. The number of fused-ring (bicyclic) bond motifs is 1. The van der Waals surface area contributed by atoms with Gasteiger partial charge in [-0.2, -0.15) is 0 Å². The minimum absolute atomic E-state index is 0.0428. The van der Waals surface area contributed by atoms with Crippen molar-refractivity contribution >= 4 is 28.3 Å². The standard InChI is InChI=1S/C25H27N3O4/c29-23-16-20-6-2-1-5-19(20)15-22(23)25(31)26-17-18-4-3-7-21(14-18)27-24(30)8-9-28-10-12-32-13-11-28/h1-7,14-16,29H,8-13,17H2,(H,26,31)(H,27,30). The van der Waals surface area contributed by atoms with Gasteiger partial charge in [0.25, 0.3) is 5.91 Å². The minimum atomic E-state index is -0.354. The van der Waals surface area contributed by atoms with Crippen molar-refractivity contribution in [3.05, 3.63) is 71.8 Å². The number of amides is 2. The first-order chi connectivity index (χ1) is 15.6. The topological polar surface area (TPSA) is 90.9 Å². The van der Waals surface area contributed by atoms with Gasteiger partial charge in [0, 0.05) is 38.3 Å². The van der Waals surface area contributed by atoms with Gasteiger partial charge in [-0.15, -0.1) is 0 Å². The summed E-state index contributed by atoms with van der Waals surface area (Å²) in [6.45, 7) is 4.13. The highest BCUT2D eigenvalue weighted by molar-refractivity contribution is 6.01. The number of hydrogen-bond acceptors (Lipinski definition) is 5. The van der Waals surface area contributed by atoms with Crippen molar-refractivity contribution < 1.29 is 19.4 Å². The van der Waals surface area contributed by atoms with E-state index in [1.54, 1.807) is 12.1 Å². The number of nitrogens with one attached hydrogen (secondary N) is 2. The summed E-state index contributed by atoms with van der Waals surface area (Å²) in [4.78, 5) is 27.1. The molecule has 1 aliphatic rings. The zero-order valence-corrected chi connectivity index (χ0v) is 17.8. The molecule has 3 aromatic carbocycles. The molecule has 0 unspecified atom stereocenters. The molecule has 0 saturated carbocycles. The summed E-state index contributed by atoms with van der Waals surface area (Å²) in [5.41, 5.74) is 1.78. The number of phenolic OH excluding ortho intramolecular Hbond substituents is 1. The van der Waals surface area contributed by atoms with Gasteiger partial charge in [0.15, 0.2) is 0 Å². The molecule has 1 saturated heterocycles. The van der Waals surface area contributed by atoms with Crippen molar-refractivity contribution in [3.8, 4) is 5.75 Å². The Balaban J connectivity index is 1.32. The Morgan fingerprint density at radius 1 is 0.969 bits per heavy atom. The first-order valence-corrected chi connectivity index (χ1v) is 10.8. The molecule has 7 heteroatoms. The number of phenols is 1. The number of carbonyl (C=O) groups is 2. The fourth-order valence-corrected chi connectivity index (χ4v) is 3.75. The summed E-state index contributed by atoms with van der Waals surface area (Å²) >= 11 is 0. The molecule has 1 aliphatic heterocycles. The Morgan fingerprint density at radius 3 is 2.50 bits per heavy atom. The van der Waals surface area contributed by atoms with Crippen molar-refractivity contribution in [2.45, 2.75) is 13.0 Å². The quantitative estimate of drug-likeness (QED) is 0.533. The SMILES string of the molecule is O=C(CCN1CCOCC1)Nc1cccc(CNC(=O)c2cc3ccccc3cc2O)c1. The molecular formula is C25H27N3O4. The predicted octanol–water partition coefficient (Wildman–Crippen LogP) is 3.14. The van der Waals surface area contributed by atoms with E-state index in [0.29, 0.717) is 31.9 Å². The van der Waals surface area contributed by atoms with Gasteiger partial charge < -0.3 is 20.5 Å². The number of anilines is 1. The first kappa shape index (κ1) is 21.8. The van der Waals surface area contributed by atoms with Crippen LogP contribution in [0.3, 0.4) is 0 Å². The molecule has 2 amide bonds. The largest absolute Gasteiger partial charge is 0.507 e. The summed E-state index contributed by atoms with van der Waals surface area (Å²) in [5.74, 6) is -0.450. The Labute approximate surface area is 187 Å². The number of morpholine rings is 1. The highest BCUT2D eigenvalue weighted by atomic mass is 16.5. The van der Waals surface area contributed by atoms with Crippen LogP contribution in [0.25, 0.3) is 10.8 Å². The summed E-state index contributed by atoms with van der Waals surface area (Å²) in [6, 6.07) is 18.2. The van der Waals surface area contributed by atoms with E-state index in [1.807, 2.05) is 48.5 Å². The van der Waals surface area contributed by atoms with Gasteiger partial charge in [-0.3, -0.25) is 14.5 Å². The molecule has 3 aromatic rings. The zero-order valence-electron chi connectivity index (χ0n) is 17.8. The van der Waals surface area contributed by atoms with E-state index in [0.717, 1.165) is 29.4 Å². The van der Waals surface area contributed by atoms with Gasteiger partial charge in [-0.1, -0.05) is 36.4 Å². The third kappa shape index (κ3) is 5.63. The number of carbonyl (C=O) groups excluding carboxylic acids is 2. The van der Waals surface area contributed by atoms with Crippen molar-refractivity contribution in [3.63, 3.8) is 0 Å². The fraction of sp³-hybridized carbons (Fsp3) is 0.280. The van der Waals surface area contributed by atoms with Crippen LogP contribution in [0.2, 0.25) is 0 Å². The van der Waals surface area contributed by atoms with E-state index in [1.165, 1.54) is 0 Å². The summed E-state index contributed by atoms with van der Waals surface area (Å²) in [7, 11) is 0. The molecule has 0 bridgehead atoms. The number of aromatic hydroxyl groups is 1. The summed E-state index contributed by atoms with van der Waals surface area (Å²) in [6.07, 6.45) is 0.419. The Kier molecular flexibility index (Phi) is 6.99. The number of rotatable bonds is 7. The van der Waals surface area contributed by atoms with Crippen molar-refractivity contribution in [1.82, 2.24) is 10.2 Å². The van der Waals surface area contributed by atoms with E-state index >= 15 is 0 Å². The van der Waals surface area contributed by atoms with Crippen LogP contribution >= 0.6 is 0 Å². The van der Waals surface area contributed by atoms with Gasteiger partial charge in [0.2, 0.25) is 5.91 Å². The highest BCUT2D eigenvalue weighted by Crippen LogP contribution is 2.25. The van der Waals surface area contributed by atoms with Crippen molar-refractivity contribution in [2.24, 2.45) is 0 Å². The van der Waals surface area contributed by atoms with Crippen LogP contribution in [0.15, 0.2) is 60.7 Å². The molecule has 1 heterocycles. The molecule has 4 rings (SSSR count). The number of nitrogens with zero attached hydrogens (tertiary/aromatic N) is 1. The van der Waals surface area contributed by atoms with E-state index in [2.05, 4.69) is 15.5 Å². The van der Waals surface area contributed by atoms with E-state index < -0.39 is 0 Å². The zero-order chi connectivity index (χ0) is 22.3. The molecular weight excluding hydrogens is 406 g/mol. The molecule has 0 atom stereocenters. The maximum atomic E-state index is 12.6. The smallest absolute Gasteiger partial charge is 0.255 e. The molecule has 166 valence electrons. The lowest BCUT2D eigenvalue weighted by atomic mass is 10.1. The van der Waals surface area contributed by atoms with Gasteiger partial charge in [-0.05, 0) is 40.6 Å². The number of hydrogen-bond donors (Lipinski definition) is 3. The third-order valence-electron chi connectivity index (χ3n) is 5.53. The number of ether oxygens (including phenoxy) is 1. The molecule has 3 N–H and O–H groups in total. The van der Waals surface area contributed by atoms with Crippen LogP contribution in [0.4, 0.5) is 5.69 Å². The molecule has 0 spiro atoms. The maximum absolute atomic E-state index is 12.6. The lowest BCUT2D eigenvalue weighted by Crippen LogP contribution is -2.38. The number of benzene rings is 3. The first-order valence-electron chi connectivity index (χ1n) is 10.8. The molecule has 1 fully saturated rings. The van der Waals surface area contributed by atoms with Gasteiger partial charge >= 0.3 is 0 Å². The van der Waals surface area contributed by atoms with Crippen LogP contribution < -0.4 is 10.6 Å². The minimum Gasteiger partial charge on any atom is -0.507 e. The van der Waals surface area contributed by atoms with Crippen LogP contribution in [-0.4, -0.2) is 54.7 Å². The highest BCUT2D eigenvalue weighted by Gasteiger charge is 2.14. The average Bonchev–Trinajstić information content (AvgIpc) is 2.82. The molecule has 0 aliphatic carbocycles. The summed E-state index contributed by atoms with van der Waals surface area (Å²) < 4.78 is 5.32. The second kappa shape index (κ2) is 10.3. The molecule has 0 radical (unpaired) electrons.